The van der Waals surface area contributed by atoms with Gasteiger partial charge in [-0.25, -0.2) is 4.79 Å². The van der Waals surface area contributed by atoms with Crippen molar-refractivity contribution in [2.45, 2.75) is 32.2 Å². The molecule has 0 aromatic heterocycles. The van der Waals surface area contributed by atoms with Crippen LogP contribution in [0.5, 0.6) is 0 Å². The van der Waals surface area contributed by atoms with Gasteiger partial charge in [0, 0.05) is 31.0 Å². The van der Waals surface area contributed by atoms with Gasteiger partial charge in [-0.15, -0.1) is 0 Å². The minimum atomic E-state index is -2.61. The van der Waals surface area contributed by atoms with E-state index in [1.807, 2.05) is 34.1 Å². The van der Waals surface area contributed by atoms with Crippen LogP contribution in [0.1, 0.15) is 27.2 Å². The quantitative estimate of drug-likeness (QED) is 0.407. The van der Waals surface area contributed by atoms with Crippen LogP contribution in [-0.2, 0) is 4.43 Å². The van der Waals surface area contributed by atoms with Gasteiger partial charge >= 0.3 is 6.03 Å². The highest BCUT2D eigenvalue weighted by molar-refractivity contribution is 6.99. The Morgan fingerprint density at radius 3 is 1.94 bits per heavy atom. The second kappa shape index (κ2) is 10.0. The summed E-state index contributed by atoms with van der Waals surface area (Å²) >= 11 is 0. The highest BCUT2D eigenvalue weighted by atomic mass is 28.4. The Balaban J connectivity index is 1.56. The van der Waals surface area contributed by atoms with Crippen LogP contribution in [-0.4, -0.2) is 45.5 Å². The van der Waals surface area contributed by atoms with E-state index >= 15 is 0 Å². The van der Waals surface area contributed by atoms with Crippen LogP contribution in [0.4, 0.5) is 16.2 Å². The van der Waals surface area contributed by atoms with Crippen molar-refractivity contribution in [3.8, 4) is 0 Å². The molecule has 2 amide bonds. The van der Waals surface area contributed by atoms with E-state index in [0.29, 0.717) is 18.8 Å². The molecule has 0 unspecified atom stereocenters. The average Bonchev–Trinajstić information content (AvgIpc) is 2.84. The summed E-state index contributed by atoms with van der Waals surface area (Å²) < 4.78 is 6.98. The molecule has 5 nitrogen and oxygen atoms in total. The molecular formula is C28H35N3O2Si. The number of nitrogens with two attached hydrogens (primary N) is 1. The van der Waals surface area contributed by atoms with Crippen molar-refractivity contribution in [1.29, 1.82) is 0 Å². The van der Waals surface area contributed by atoms with E-state index < -0.39 is 8.32 Å². The summed E-state index contributed by atoms with van der Waals surface area (Å²) in [5.41, 5.74) is 7.41. The number of urea groups is 1. The van der Waals surface area contributed by atoms with Gasteiger partial charge in [0.1, 0.15) is 0 Å². The molecule has 3 aromatic rings. The zero-order chi connectivity index (χ0) is 24.2. The summed E-state index contributed by atoms with van der Waals surface area (Å²) in [4.78, 5) is 17.0. The van der Waals surface area contributed by atoms with Gasteiger partial charge in [0.15, 0.2) is 0 Å². The average molecular weight is 474 g/mol. The molecular weight excluding hydrogens is 438 g/mol. The fourth-order valence-electron chi connectivity index (χ4n) is 4.95. The normalized spacial score (nSPS) is 15.0. The highest BCUT2D eigenvalue weighted by Crippen LogP contribution is 2.36. The maximum atomic E-state index is 13.3. The molecule has 0 atom stereocenters. The van der Waals surface area contributed by atoms with Gasteiger partial charge in [-0.05, 0) is 46.1 Å². The number of rotatable bonds is 7. The van der Waals surface area contributed by atoms with Crippen molar-refractivity contribution >= 4 is 36.1 Å². The SMILES string of the molecule is CC(C)(C)[Si](OCCN1CCCN(c2ccc(N)cc2)C1=O)(c1ccccc1)c1ccccc1. The van der Waals surface area contributed by atoms with E-state index in [1.54, 1.807) is 0 Å². The number of hydrogen-bond acceptors (Lipinski definition) is 3. The smallest absolute Gasteiger partial charge is 0.324 e. The van der Waals surface area contributed by atoms with Crippen molar-refractivity contribution in [3.63, 3.8) is 0 Å². The number of nitrogen functional groups attached to an aromatic ring is 1. The molecule has 1 aliphatic heterocycles. The number of benzene rings is 3. The Labute approximate surface area is 204 Å². The maximum Gasteiger partial charge on any atom is 0.324 e. The first kappa shape index (κ1) is 24.0. The van der Waals surface area contributed by atoms with Crippen LogP contribution < -0.4 is 21.0 Å². The van der Waals surface area contributed by atoms with E-state index in [2.05, 4.69) is 81.4 Å². The van der Waals surface area contributed by atoms with Gasteiger partial charge in [-0.2, -0.15) is 0 Å². The van der Waals surface area contributed by atoms with Crippen molar-refractivity contribution in [3.05, 3.63) is 84.9 Å². The molecule has 0 radical (unpaired) electrons. The number of carbonyl (C=O) groups is 1. The Morgan fingerprint density at radius 2 is 1.41 bits per heavy atom. The fraction of sp³-hybridized carbons (Fsp3) is 0.321. The first-order valence-corrected chi connectivity index (χ1v) is 13.9. The third-order valence-electron chi connectivity index (χ3n) is 6.61. The third kappa shape index (κ3) is 4.74. The molecule has 34 heavy (non-hydrogen) atoms. The second-order valence-electron chi connectivity index (χ2n) is 9.88. The Bertz CT molecular complexity index is 1040. The Morgan fingerprint density at radius 1 is 0.853 bits per heavy atom. The van der Waals surface area contributed by atoms with Crippen molar-refractivity contribution in [1.82, 2.24) is 4.90 Å². The Kier molecular flexibility index (Phi) is 7.10. The van der Waals surface area contributed by atoms with Crippen molar-refractivity contribution in [2.24, 2.45) is 0 Å². The molecule has 1 fully saturated rings. The van der Waals surface area contributed by atoms with E-state index in [1.165, 1.54) is 10.4 Å². The first-order valence-electron chi connectivity index (χ1n) is 12.0. The molecule has 0 spiro atoms. The van der Waals surface area contributed by atoms with Gasteiger partial charge < -0.3 is 15.1 Å². The van der Waals surface area contributed by atoms with E-state index in [4.69, 9.17) is 10.2 Å². The molecule has 0 bridgehead atoms. The molecule has 1 aliphatic rings. The van der Waals surface area contributed by atoms with Gasteiger partial charge in [-0.3, -0.25) is 4.90 Å². The van der Waals surface area contributed by atoms with Crippen LogP contribution in [0.25, 0.3) is 0 Å². The fourth-order valence-corrected chi connectivity index (χ4v) is 9.51. The molecule has 1 saturated heterocycles. The topological polar surface area (TPSA) is 58.8 Å². The van der Waals surface area contributed by atoms with Crippen LogP contribution >= 0.6 is 0 Å². The minimum Gasteiger partial charge on any atom is -0.406 e. The lowest BCUT2D eigenvalue weighted by Gasteiger charge is -2.43. The molecule has 2 N–H and O–H groups in total. The molecule has 178 valence electrons. The largest absolute Gasteiger partial charge is 0.406 e. The summed E-state index contributed by atoms with van der Waals surface area (Å²) in [6.07, 6.45) is 0.926. The lowest BCUT2D eigenvalue weighted by Crippen LogP contribution is -2.67. The zero-order valence-corrected chi connectivity index (χ0v) is 21.4. The van der Waals surface area contributed by atoms with Crippen LogP contribution in [0.2, 0.25) is 5.04 Å². The molecule has 3 aromatic carbocycles. The number of amides is 2. The molecule has 6 heteroatoms. The first-order chi connectivity index (χ1) is 16.3. The van der Waals surface area contributed by atoms with E-state index in [9.17, 15) is 4.79 Å². The minimum absolute atomic E-state index is 0.0297. The van der Waals surface area contributed by atoms with Gasteiger partial charge in [0.2, 0.25) is 0 Å². The molecule has 4 rings (SSSR count). The number of nitrogens with zero attached hydrogens (tertiary/aromatic N) is 2. The predicted octanol–water partition coefficient (Wildman–Crippen LogP) is 4.48. The van der Waals surface area contributed by atoms with Crippen LogP contribution in [0.3, 0.4) is 0 Å². The van der Waals surface area contributed by atoms with Crippen LogP contribution in [0.15, 0.2) is 84.9 Å². The van der Waals surface area contributed by atoms with Gasteiger partial charge in [0.05, 0.1) is 6.61 Å². The van der Waals surface area contributed by atoms with Crippen LogP contribution in [0, 0.1) is 0 Å². The molecule has 0 aliphatic carbocycles. The van der Waals surface area contributed by atoms with Crippen molar-refractivity contribution < 1.29 is 9.22 Å². The highest BCUT2D eigenvalue weighted by Gasteiger charge is 2.50. The van der Waals surface area contributed by atoms with Crippen molar-refractivity contribution in [2.75, 3.05) is 36.9 Å². The summed E-state index contributed by atoms with van der Waals surface area (Å²) in [6.45, 7) is 9.34. The lowest BCUT2D eigenvalue weighted by atomic mass is 10.2. The number of anilines is 2. The maximum absolute atomic E-state index is 13.3. The van der Waals surface area contributed by atoms with Gasteiger partial charge in [-0.1, -0.05) is 81.4 Å². The Hall–Kier alpha value is -3.09. The monoisotopic (exact) mass is 473 g/mol. The number of hydrogen-bond donors (Lipinski definition) is 1. The predicted molar refractivity (Wildman–Crippen MR) is 143 cm³/mol. The second-order valence-corrected chi connectivity index (χ2v) is 14.2. The summed E-state index contributed by atoms with van der Waals surface area (Å²) in [6, 6.07) is 28.8. The summed E-state index contributed by atoms with van der Waals surface area (Å²) in [5.74, 6) is 0. The summed E-state index contributed by atoms with van der Waals surface area (Å²) in [5, 5.41) is 2.42. The molecule has 0 saturated carbocycles. The molecule has 1 heterocycles. The van der Waals surface area contributed by atoms with E-state index in [0.717, 1.165) is 25.2 Å². The zero-order valence-electron chi connectivity index (χ0n) is 20.4. The van der Waals surface area contributed by atoms with E-state index in [-0.39, 0.29) is 11.1 Å². The number of carbonyl (C=O) groups excluding carboxylic acids is 1. The third-order valence-corrected chi connectivity index (χ3v) is 11.7. The standard InChI is InChI=1S/C28H35N3O2Si/c1-28(2,3)34(25-11-6-4-7-12-25,26-13-8-5-9-14-26)33-22-21-30-19-10-20-31(27(30)32)24-17-15-23(29)16-18-24/h4-9,11-18H,10,19-22,29H2,1-3H3. The summed E-state index contributed by atoms with van der Waals surface area (Å²) in [7, 11) is -2.61. The lowest BCUT2D eigenvalue weighted by molar-refractivity contribution is 0.177. The van der Waals surface area contributed by atoms with Gasteiger partial charge in [0.25, 0.3) is 8.32 Å².